The minimum Gasteiger partial charge on any atom is -0.502 e. The molecule has 0 spiro atoms. The van der Waals surface area contributed by atoms with Crippen LogP contribution in [0.25, 0.3) is 5.57 Å². The van der Waals surface area contributed by atoms with E-state index in [1.54, 1.807) is 12.1 Å². The van der Waals surface area contributed by atoms with Crippen molar-refractivity contribution in [2.45, 2.75) is 38.7 Å². The molecule has 112 valence electrons. The van der Waals surface area contributed by atoms with Crippen LogP contribution in [-0.4, -0.2) is 22.1 Å². The van der Waals surface area contributed by atoms with Gasteiger partial charge in [0.2, 0.25) is 5.76 Å². The average Bonchev–Trinajstić information content (AvgIpc) is 2.74. The van der Waals surface area contributed by atoms with Gasteiger partial charge in [-0.2, -0.15) is 0 Å². The molecule has 0 amide bonds. The smallest absolute Gasteiger partial charge is 0.374 e. The van der Waals surface area contributed by atoms with E-state index in [1.165, 1.54) is 12.1 Å². The normalized spacial score (nSPS) is 18.0. The number of esters is 1. The molecule has 1 unspecified atom stereocenters. The molecule has 1 N–H and O–H groups in total. The Morgan fingerprint density at radius 2 is 2.05 bits per heavy atom. The van der Waals surface area contributed by atoms with Crippen LogP contribution >= 0.6 is 0 Å². The molecule has 0 aliphatic carbocycles. The summed E-state index contributed by atoms with van der Waals surface area (Å²) in [6.45, 7) is 2.05. The van der Waals surface area contributed by atoms with Crippen LogP contribution in [0.4, 0.5) is 5.69 Å². The largest absolute Gasteiger partial charge is 0.502 e. The van der Waals surface area contributed by atoms with Gasteiger partial charge < -0.3 is 9.84 Å². The molecule has 0 aromatic heterocycles. The van der Waals surface area contributed by atoms with Gasteiger partial charge in [-0.05, 0) is 18.9 Å². The molecule has 1 aromatic rings. The van der Waals surface area contributed by atoms with Gasteiger partial charge in [-0.1, -0.05) is 31.9 Å². The van der Waals surface area contributed by atoms with Crippen LogP contribution in [0.5, 0.6) is 0 Å². The molecule has 0 radical (unpaired) electrons. The number of hydrogen-bond donors (Lipinski definition) is 1. The Morgan fingerprint density at radius 1 is 1.33 bits per heavy atom. The highest BCUT2D eigenvalue weighted by Crippen LogP contribution is 2.37. The van der Waals surface area contributed by atoms with Crippen molar-refractivity contribution in [1.82, 2.24) is 0 Å². The zero-order valence-corrected chi connectivity index (χ0v) is 11.7. The van der Waals surface area contributed by atoms with E-state index in [0.717, 1.165) is 19.3 Å². The van der Waals surface area contributed by atoms with Crippen molar-refractivity contribution in [3.63, 3.8) is 0 Å². The molecular weight excluding hydrogens is 274 g/mol. The maximum Gasteiger partial charge on any atom is 0.374 e. The first-order valence-corrected chi connectivity index (χ1v) is 6.94. The summed E-state index contributed by atoms with van der Waals surface area (Å²) in [6, 6.07) is 6.05. The first kappa shape index (κ1) is 15.0. The van der Waals surface area contributed by atoms with Crippen LogP contribution in [0.3, 0.4) is 0 Å². The van der Waals surface area contributed by atoms with Gasteiger partial charge in [0.05, 0.1) is 16.1 Å². The number of rotatable bonds is 6. The number of cyclic esters (lactones) is 1. The highest BCUT2D eigenvalue weighted by atomic mass is 16.6. The Hall–Kier alpha value is -2.37. The number of benzene rings is 1. The number of aliphatic hydroxyl groups is 1. The number of nitro benzene ring substituents is 1. The van der Waals surface area contributed by atoms with E-state index in [-0.39, 0.29) is 16.8 Å². The highest BCUT2D eigenvalue weighted by Gasteiger charge is 2.37. The molecule has 1 aliphatic rings. The third-order valence-electron chi connectivity index (χ3n) is 3.48. The van der Waals surface area contributed by atoms with Gasteiger partial charge in [0, 0.05) is 6.07 Å². The predicted octanol–water partition coefficient (Wildman–Crippen LogP) is 3.37. The summed E-state index contributed by atoms with van der Waals surface area (Å²) in [5, 5.41) is 21.0. The number of unbranched alkanes of at least 4 members (excludes halogenated alkanes) is 2. The lowest BCUT2D eigenvalue weighted by Crippen LogP contribution is -2.12. The summed E-state index contributed by atoms with van der Waals surface area (Å²) in [6.07, 6.45) is 2.73. The molecule has 0 bridgehead atoms. The molecule has 0 fully saturated rings. The topological polar surface area (TPSA) is 89.7 Å². The van der Waals surface area contributed by atoms with Gasteiger partial charge in [0.15, 0.2) is 0 Å². The lowest BCUT2D eigenvalue weighted by atomic mass is 9.95. The van der Waals surface area contributed by atoms with Crippen molar-refractivity contribution in [3.8, 4) is 0 Å². The Morgan fingerprint density at radius 3 is 2.71 bits per heavy atom. The van der Waals surface area contributed by atoms with E-state index in [1.807, 2.05) is 0 Å². The molecule has 1 heterocycles. The van der Waals surface area contributed by atoms with Crippen LogP contribution in [0, 0.1) is 10.1 Å². The van der Waals surface area contributed by atoms with E-state index in [9.17, 15) is 20.0 Å². The van der Waals surface area contributed by atoms with Crippen LogP contribution in [0.15, 0.2) is 30.0 Å². The van der Waals surface area contributed by atoms with E-state index in [4.69, 9.17) is 4.74 Å². The maximum atomic E-state index is 11.6. The number of carbonyl (C=O) groups excluding carboxylic acids is 1. The van der Waals surface area contributed by atoms with Crippen molar-refractivity contribution in [1.29, 1.82) is 0 Å². The first-order valence-electron chi connectivity index (χ1n) is 6.94. The second kappa shape index (κ2) is 6.39. The molecule has 21 heavy (non-hydrogen) atoms. The minimum atomic E-state index is -0.815. The Balaban J connectivity index is 2.38. The first-order chi connectivity index (χ1) is 10.1. The van der Waals surface area contributed by atoms with Crippen LogP contribution in [0.1, 0.15) is 38.2 Å². The summed E-state index contributed by atoms with van der Waals surface area (Å²) >= 11 is 0. The SMILES string of the molecule is CCCCCC1OC(=O)C(O)=C1c1ccccc1[N+](=O)[O-]. The molecular formula is C15H17NO5. The average molecular weight is 291 g/mol. The molecule has 6 nitrogen and oxygen atoms in total. The van der Waals surface area contributed by atoms with Crippen LogP contribution in [0.2, 0.25) is 0 Å². The number of nitrogens with zero attached hydrogens (tertiary/aromatic N) is 1. The number of ether oxygens (including phenoxy) is 1. The zero-order valence-electron chi connectivity index (χ0n) is 11.7. The van der Waals surface area contributed by atoms with Crippen molar-refractivity contribution in [2.75, 3.05) is 0 Å². The predicted molar refractivity (Wildman–Crippen MR) is 76.7 cm³/mol. The van der Waals surface area contributed by atoms with Gasteiger partial charge in [0.1, 0.15) is 6.10 Å². The van der Waals surface area contributed by atoms with E-state index >= 15 is 0 Å². The van der Waals surface area contributed by atoms with Gasteiger partial charge >= 0.3 is 5.97 Å². The summed E-state index contributed by atoms with van der Waals surface area (Å²) in [4.78, 5) is 22.2. The van der Waals surface area contributed by atoms with Gasteiger partial charge in [-0.3, -0.25) is 10.1 Å². The number of carbonyl (C=O) groups is 1. The summed E-state index contributed by atoms with van der Waals surface area (Å²) < 4.78 is 5.14. The second-order valence-electron chi connectivity index (χ2n) is 4.93. The lowest BCUT2D eigenvalue weighted by molar-refractivity contribution is -0.385. The number of hydrogen-bond acceptors (Lipinski definition) is 5. The molecule has 1 aromatic carbocycles. The quantitative estimate of drug-likeness (QED) is 0.375. The van der Waals surface area contributed by atoms with Crippen LogP contribution in [-0.2, 0) is 9.53 Å². The third-order valence-corrected chi connectivity index (χ3v) is 3.48. The maximum absolute atomic E-state index is 11.6. The molecule has 6 heteroatoms. The van der Waals surface area contributed by atoms with Crippen molar-refractivity contribution < 1.29 is 19.6 Å². The van der Waals surface area contributed by atoms with Gasteiger partial charge in [0.25, 0.3) is 5.69 Å². The number of aliphatic hydroxyl groups excluding tert-OH is 1. The highest BCUT2D eigenvalue weighted by molar-refractivity contribution is 6.01. The number of nitro groups is 1. The molecule has 1 aliphatic heterocycles. The van der Waals surface area contributed by atoms with E-state index < -0.39 is 22.8 Å². The van der Waals surface area contributed by atoms with Crippen molar-refractivity contribution >= 4 is 17.2 Å². The van der Waals surface area contributed by atoms with Gasteiger partial charge in [-0.25, -0.2) is 4.79 Å². The molecule has 1 atom stereocenters. The Labute approximate surface area is 122 Å². The Kier molecular flexibility index (Phi) is 4.57. The molecule has 0 saturated carbocycles. The Bertz CT molecular complexity index is 593. The van der Waals surface area contributed by atoms with Gasteiger partial charge in [-0.15, -0.1) is 0 Å². The fourth-order valence-electron chi connectivity index (χ4n) is 2.45. The summed E-state index contributed by atoms with van der Waals surface area (Å²) in [5.74, 6) is -1.34. The van der Waals surface area contributed by atoms with Crippen LogP contribution < -0.4 is 0 Å². The monoisotopic (exact) mass is 291 g/mol. The fourth-order valence-corrected chi connectivity index (χ4v) is 2.45. The number of para-hydroxylation sites is 1. The fraction of sp³-hybridized carbons (Fsp3) is 0.400. The van der Waals surface area contributed by atoms with Crippen molar-refractivity contribution in [3.05, 3.63) is 45.7 Å². The standard InChI is InChI=1S/C15H17NO5/c1-2-3-4-9-12-13(14(17)15(18)21-12)10-7-5-6-8-11(10)16(19)20/h5-8,12,17H,2-4,9H2,1H3. The molecule has 0 saturated heterocycles. The lowest BCUT2D eigenvalue weighted by Gasteiger charge is -2.13. The minimum absolute atomic E-state index is 0.141. The zero-order chi connectivity index (χ0) is 15.4. The van der Waals surface area contributed by atoms with E-state index in [2.05, 4.69) is 6.92 Å². The molecule has 2 rings (SSSR count). The summed E-state index contributed by atoms with van der Waals surface area (Å²) in [7, 11) is 0. The van der Waals surface area contributed by atoms with E-state index in [0.29, 0.717) is 6.42 Å². The summed E-state index contributed by atoms with van der Waals surface area (Å²) in [5.41, 5.74) is 0.327. The van der Waals surface area contributed by atoms with Crippen molar-refractivity contribution in [2.24, 2.45) is 0 Å². The second-order valence-corrected chi connectivity index (χ2v) is 4.93. The third kappa shape index (κ3) is 3.04.